The lowest BCUT2D eigenvalue weighted by Crippen LogP contribution is -2.08. The summed E-state index contributed by atoms with van der Waals surface area (Å²) in [4.78, 5) is 3.92. The molecule has 0 aromatic carbocycles. The molecular weight excluding hydrogens is 279 g/mol. The Morgan fingerprint density at radius 1 is 1.54 bits per heavy atom. The predicted molar refractivity (Wildman–Crippen MR) is 56.2 cm³/mol. The smallest absolute Gasteiger partial charge is 0.181 e. The minimum absolute atomic E-state index is 0.143. The van der Waals surface area contributed by atoms with E-state index < -0.39 is 0 Å². The van der Waals surface area contributed by atoms with Crippen molar-refractivity contribution in [3.8, 4) is 0 Å². The first-order chi connectivity index (χ1) is 6.02. The van der Waals surface area contributed by atoms with Crippen molar-refractivity contribution in [2.24, 2.45) is 0 Å². The van der Waals surface area contributed by atoms with Gasteiger partial charge in [-0.1, -0.05) is 23.2 Å². The van der Waals surface area contributed by atoms with Crippen LogP contribution in [0, 0.1) is 0 Å². The lowest BCUT2D eigenvalue weighted by Gasteiger charge is -2.09. The fourth-order valence-electron chi connectivity index (χ4n) is 0.713. The predicted octanol–water partition coefficient (Wildman–Crippen LogP) is 3.33. The van der Waals surface area contributed by atoms with Gasteiger partial charge in [0.05, 0.1) is 6.10 Å². The Labute approximate surface area is 95.1 Å². The van der Waals surface area contributed by atoms with Crippen LogP contribution >= 0.6 is 39.1 Å². The molecule has 3 nitrogen and oxygen atoms in total. The van der Waals surface area contributed by atoms with Gasteiger partial charge in [0.25, 0.3) is 0 Å². The second-order valence-corrected chi connectivity index (χ2v) is 4.16. The number of hydrogen-bond donors (Lipinski definition) is 0. The molecule has 0 fully saturated rings. The molecular formula is C7H9BrCl2N2O. The van der Waals surface area contributed by atoms with Crippen LogP contribution in [0.15, 0.2) is 4.73 Å². The lowest BCUT2D eigenvalue weighted by molar-refractivity contribution is 0.0276. The van der Waals surface area contributed by atoms with Gasteiger partial charge in [-0.2, -0.15) is 0 Å². The van der Waals surface area contributed by atoms with Gasteiger partial charge in [0, 0.05) is 0 Å². The van der Waals surface area contributed by atoms with Gasteiger partial charge in [0.15, 0.2) is 15.0 Å². The Morgan fingerprint density at radius 3 is 2.54 bits per heavy atom. The summed E-state index contributed by atoms with van der Waals surface area (Å²) in [7, 11) is 0. The molecule has 1 rings (SSSR count). The van der Waals surface area contributed by atoms with Gasteiger partial charge in [0.1, 0.15) is 6.73 Å². The third-order valence-corrected chi connectivity index (χ3v) is 2.71. The van der Waals surface area contributed by atoms with Crippen LogP contribution in [0.5, 0.6) is 0 Å². The fraction of sp³-hybridized carbons (Fsp3) is 0.571. The van der Waals surface area contributed by atoms with E-state index in [-0.39, 0.29) is 11.3 Å². The van der Waals surface area contributed by atoms with Crippen LogP contribution in [0.2, 0.25) is 10.3 Å². The summed E-state index contributed by atoms with van der Waals surface area (Å²) >= 11 is 14.8. The first kappa shape index (κ1) is 11.3. The molecule has 0 radical (unpaired) electrons. The molecule has 1 aromatic heterocycles. The van der Waals surface area contributed by atoms with Gasteiger partial charge in [-0.3, -0.25) is 4.57 Å². The van der Waals surface area contributed by atoms with E-state index in [1.807, 2.05) is 13.8 Å². The van der Waals surface area contributed by atoms with Gasteiger partial charge in [-0.25, -0.2) is 4.98 Å². The number of rotatable bonds is 3. The summed E-state index contributed by atoms with van der Waals surface area (Å²) in [6.45, 7) is 4.23. The van der Waals surface area contributed by atoms with E-state index in [4.69, 9.17) is 27.9 Å². The van der Waals surface area contributed by atoms with E-state index >= 15 is 0 Å². The molecule has 1 aromatic rings. The number of aromatic nitrogens is 2. The van der Waals surface area contributed by atoms with E-state index in [1.165, 1.54) is 0 Å². The quantitative estimate of drug-likeness (QED) is 0.853. The highest BCUT2D eigenvalue weighted by Gasteiger charge is 2.11. The summed E-state index contributed by atoms with van der Waals surface area (Å²) in [6, 6.07) is 0. The second kappa shape index (κ2) is 4.64. The Morgan fingerprint density at radius 2 is 2.15 bits per heavy atom. The van der Waals surface area contributed by atoms with Crippen molar-refractivity contribution < 1.29 is 4.74 Å². The Balaban J connectivity index is 2.76. The van der Waals surface area contributed by atoms with Crippen molar-refractivity contribution in [1.82, 2.24) is 9.55 Å². The molecule has 0 aliphatic carbocycles. The van der Waals surface area contributed by atoms with Crippen LogP contribution in [-0.4, -0.2) is 15.7 Å². The molecule has 74 valence electrons. The molecule has 0 unspecified atom stereocenters. The zero-order valence-electron chi connectivity index (χ0n) is 7.22. The van der Waals surface area contributed by atoms with Crippen molar-refractivity contribution >= 4 is 39.1 Å². The number of ether oxygens (including phenoxy) is 1. The summed E-state index contributed by atoms with van der Waals surface area (Å²) < 4.78 is 7.57. The van der Waals surface area contributed by atoms with Crippen molar-refractivity contribution in [3.63, 3.8) is 0 Å². The topological polar surface area (TPSA) is 27.1 Å². The van der Waals surface area contributed by atoms with Crippen LogP contribution in [0.1, 0.15) is 13.8 Å². The molecule has 6 heteroatoms. The zero-order chi connectivity index (χ0) is 10.0. The maximum atomic E-state index is 5.86. The third-order valence-electron chi connectivity index (χ3n) is 1.36. The second-order valence-electron chi connectivity index (χ2n) is 2.74. The SMILES string of the molecule is CC(C)OCn1c(Br)nc(Cl)c1Cl. The standard InChI is InChI=1S/C7H9BrCl2N2O/c1-4(2)13-3-12-6(10)5(9)11-7(12)8/h4H,3H2,1-2H3. The largest absolute Gasteiger partial charge is 0.358 e. The molecule has 0 bridgehead atoms. The minimum Gasteiger partial charge on any atom is -0.358 e. The van der Waals surface area contributed by atoms with Crippen molar-refractivity contribution in [3.05, 3.63) is 15.0 Å². The van der Waals surface area contributed by atoms with Gasteiger partial charge in [0.2, 0.25) is 0 Å². The summed E-state index contributed by atoms with van der Waals surface area (Å²) in [5.41, 5.74) is 0. The molecule has 0 spiro atoms. The maximum Gasteiger partial charge on any atom is 0.181 e. The average Bonchev–Trinajstić information content (AvgIpc) is 2.24. The lowest BCUT2D eigenvalue weighted by atomic mass is 10.5. The summed E-state index contributed by atoms with van der Waals surface area (Å²) in [5.74, 6) is 0. The van der Waals surface area contributed by atoms with E-state index in [1.54, 1.807) is 4.57 Å². The van der Waals surface area contributed by atoms with Crippen LogP contribution in [0.3, 0.4) is 0 Å². The van der Waals surface area contributed by atoms with Gasteiger partial charge < -0.3 is 4.74 Å². The highest BCUT2D eigenvalue weighted by atomic mass is 79.9. The average molecular weight is 288 g/mol. The Bertz CT molecular complexity index is 301. The summed E-state index contributed by atoms with van der Waals surface area (Å²) in [5, 5.41) is 0.662. The number of hydrogen-bond acceptors (Lipinski definition) is 2. The van der Waals surface area contributed by atoms with Crippen LogP contribution in [0.4, 0.5) is 0 Å². The molecule has 0 aliphatic heterocycles. The number of halogens is 3. The van der Waals surface area contributed by atoms with Gasteiger partial charge in [-0.05, 0) is 29.8 Å². The highest BCUT2D eigenvalue weighted by Crippen LogP contribution is 2.25. The Hall–Kier alpha value is 0.230. The minimum atomic E-state index is 0.143. The highest BCUT2D eigenvalue weighted by molar-refractivity contribution is 9.10. The van der Waals surface area contributed by atoms with Crippen LogP contribution in [0.25, 0.3) is 0 Å². The third kappa shape index (κ3) is 2.84. The number of imidazole rings is 1. The van der Waals surface area contributed by atoms with Crippen molar-refractivity contribution in [2.75, 3.05) is 0 Å². The molecule has 0 amide bonds. The van der Waals surface area contributed by atoms with Crippen LogP contribution < -0.4 is 0 Å². The first-order valence-electron chi connectivity index (χ1n) is 3.71. The van der Waals surface area contributed by atoms with Crippen molar-refractivity contribution in [2.45, 2.75) is 26.7 Å². The van der Waals surface area contributed by atoms with E-state index in [2.05, 4.69) is 20.9 Å². The molecule has 0 atom stereocenters. The van der Waals surface area contributed by atoms with Gasteiger partial charge >= 0.3 is 0 Å². The van der Waals surface area contributed by atoms with Crippen molar-refractivity contribution in [1.29, 1.82) is 0 Å². The molecule has 0 N–H and O–H groups in total. The molecule has 0 saturated carbocycles. The normalized spacial score (nSPS) is 11.2. The number of nitrogens with zero attached hydrogens (tertiary/aromatic N) is 2. The monoisotopic (exact) mass is 286 g/mol. The molecule has 13 heavy (non-hydrogen) atoms. The zero-order valence-corrected chi connectivity index (χ0v) is 10.3. The Kier molecular flexibility index (Phi) is 4.04. The molecule has 0 aliphatic rings. The maximum absolute atomic E-state index is 5.86. The van der Waals surface area contributed by atoms with Crippen LogP contribution in [-0.2, 0) is 11.5 Å². The molecule has 1 heterocycles. The van der Waals surface area contributed by atoms with Gasteiger partial charge in [-0.15, -0.1) is 0 Å². The first-order valence-corrected chi connectivity index (χ1v) is 5.26. The molecule has 0 saturated heterocycles. The van der Waals surface area contributed by atoms with E-state index in [0.29, 0.717) is 16.6 Å². The van der Waals surface area contributed by atoms with E-state index in [9.17, 15) is 0 Å². The fourth-order valence-corrected chi connectivity index (χ4v) is 1.73. The summed E-state index contributed by atoms with van der Waals surface area (Å²) in [6.07, 6.45) is 0.143. The van der Waals surface area contributed by atoms with E-state index in [0.717, 1.165) is 0 Å².